The van der Waals surface area contributed by atoms with E-state index in [-0.39, 0.29) is 5.82 Å². The van der Waals surface area contributed by atoms with Gasteiger partial charge in [-0.3, -0.25) is 0 Å². The molecule has 0 spiro atoms. The molecule has 20 heavy (non-hydrogen) atoms. The van der Waals surface area contributed by atoms with Crippen molar-refractivity contribution in [2.45, 2.75) is 37.5 Å². The van der Waals surface area contributed by atoms with Gasteiger partial charge in [-0.15, -0.1) is 0 Å². The first-order valence-corrected chi connectivity index (χ1v) is 8.25. The molecule has 2 nitrogen and oxygen atoms in total. The predicted octanol–water partition coefficient (Wildman–Crippen LogP) is 3.47. The van der Waals surface area contributed by atoms with Gasteiger partial charge in [0.1, 0.15) is 5.82 Å². The van der Waals surface area contributed by atoms with E-state index in [0.717, 1.165) is 31.0 Å². The molecule has 1 N–H and O–H groups in total. The SMILES string of the molecule is CC1(C)CCN(CCC(O)c2ccc(F)cc2)CCS1. The molecule has 0 bridgehead atoms. The smallest absolute Gasteiger partial charge is 0.123 e. The van der Waals surface area contributed by atoms with Crippen molar-refractivity contribution in [1.29, 1.82) is 0 Å². The van der Waals surface area contributed by atoms with Gasteiger partial charge in [-0.1, -0.05) is 26.0 Å². The summed E-state index contributed by atoms with van der Waals surface area (Å²) in [6.45, 7) is 7.68. The van der Waals surface area contributed by atoms with Gasteiger partial charge in [0, 0.05) is 23.6 Å². The van der Waals surface area contributed by atoms with Gasteiger partial charge in [-0.2, -0.15) is 11.8 Å². The molecular weight excluding hydrogens is 273 g/mol. The van der Waals surface area contributed by atoms with Crippen molar-refractivity contribution < 1.29 is 9.50 Å². The molecule has 1 aliphatic rings. The first-order chi connectivity index (χ1) is 9.46. The lowest BCUT2D eigenvalue weighted by Crippen LogP contribution is -2.29. The van der Waals surface area contributed by atoms with E-state index in [1.807, 2.05) is 11.8 Å². The zero-order valence-electron chi connectivity index (χ0n) is 12.3. The summed E-state index contributed by atoms with van der Waals surface area (Å²) in [6, 6.07) is 6.15. The summed E-state index contributed by atoms with van der Waals surface area (Å²) in [6.07, 6.45) is 1.39. The molecule has 0 radical (unpaired) electrons. The summed E-state index contributed by atoms with van der Waals surface area (Å²) < 4.78 is 13.2. The van der Waals surface area contributed by atoms with Gasteiger partial charge in [-0.05, 0) is 37.1 Å². The van der Waals surface area contributed by atoms with E-state index in [1.54, 1.807) is 12.1 Å². The Morgan fingerprint density at radius 3 is 2.70 bits per heavy atom. The maximum atomic E-state index is 12.9. The molecule has 1 unspecified atom stereocenters. The first-order valence-electron chi connectivity index (χ1n) is 7.26. The van der Waals surface area contributed by atoms with Gasteiger partial charge in [0.25, 0.3) is 0 Å². The summed E-state index contributed by atoms with van der Waals surface area (Å²) in [5.74, 6) is 0.896. The predicted molar refractivity (Wildman–Crippen MR) is 83.6 cm³/mol. The van der Waals surface area contributed by atoms with Gasteiger partial charge >= 0.3 is 0 Å². The number of hydrogen-bond acceptors (Lipinski definition) is 3. The Hall–Kier alpha value is -0.580. The average molecular weight is 297 g/mol. The van der Waals surface area contributed by atoms with Gasteiger partial charge < -0.3 is 10.0 Å². The van der Waals surface area contributed by atoms with Crippen LogP contribution in [0.2, 0.25) is 0 Å². The number of aliphatic hydroxyl groups excluding tert-OH is 1. The summed E-state index contributed by atoms with van der Waals surface area (Å²) in [4.78, 5) is 2.43. The Balaban J connectivity index is 1.81. The third-order valence-electron chi connectivity index (χ3n) is 3.90. The number of aliphatic hydroxyl groups is 1. The van der Waals surface area contributed by atoms with Crippen LogP contribution >= 0.6 is 11.8 Å². The molecule has 0 aliphatic carbocycles. The van der Waals surface area contributed by atoms with E-state index in [2.05, 4.69) is 18.7 Å². The average Bonchev–Trinajstić information content (AvgIpc) is 2.58. The highest BCUT2D eigenvalue weighted by Gasteiger charge is 2.23. The molecule has 1 aromatic rings. The van der Waals surface area contributed by atoms with Crippen molar-refractivity contribution in [3.05, 3.63) is 35.6 Å². The lowest BCUT2D eigenvalue weighted by molar-refractivity contribution is 0.143. The van der Waals surface area contributed by atoms with Crippen LogP contribution in [0.1, 0.15) is 38.4 Å². The molecule has 0 aromatic heterocycles. The van der Waals surface area contributed by atoms with Crippen LogP contribution < -0.4 is 0 Å². The Morgan fingerprint density at radius 2 is 2.00 bits per heavy atom. The van der Waals surface area contributed by atoms with E-state index in [0.29, 0.717) is 11.2 Å². The van der Waals surface area contributed by atoms with Crippen molar-refractivity contribution >= 4 is 11.8 Å². The molecule has 1 saturated heterocycles. The van der Waals surface area contributed by atoms with Gasteiger partial charge in [0.05, 0.1) is 6.10 Å². The number of halogens is 1. The summed E-state index contributed by atoms with van der Waals surface area (Å²) in [5, 5.41) is 10.2. The van der Waals surface area contributed by atoms with Gasteiger partial charge in [0.15, 0.2) is 0 Å². The van der Waals surface area contributed by atoms with E-state index in [9.17, 15) is 9.50 Å². The third-order valence-corrected chi connectivity index (χ3v) is 5.28. The quantitative estimate of drug-likeness (QED) is 0.920. The second kappa shape index (κ2) is 6.92. The van der Waals surface area contributed by atoms with Crippen molar-refractivity contribution in [3.63, 3.8) is 0 Å². The van der Waals surface area contributed by atoms with E-state index in [4.69, 9.17) is 0 Å². The van der Waals surface area contributed by atoms with Crippen LogP contribution in [-0.2, 0) is 0 Å². The Labute approximate surface area is 125 Å². The molecule has 1 heterocycles. The maximum absolute atomic E-state index is 12.9. The summed E-state index contributed by atoms with van der Waals surface area (Å²) in [5.41, 5.74) is 0.802. The molecule has 4 heteroatoms. The molecule has 112 valence electrons. The molecular formula is C16H24FNOS. The number of thioether (sulfide) groups is 1. The monoisotopic (exact) mass is 297 g/mol. The highest BCUT2D eigenvalue weighted by Crippen LogP contribution is 2.31. The molecule has 1 aromatic carbocycles. The van der Waals surface area contributed by atoms with Crippen LogP contribution in [0.5, 0.6) is 0 Å². The van der Waals surface area contributed by atoms with Crippen molar-refractivity contribution in [2.24, 2.45) is 0 Å². The largest absolute Gasteiger partial charge is 0.388 e. The fraction of sp³-hybridized carbons (Fsp3) is 0.625. The van der Waals surface area contributed by atoms with Crippen LogP contribution in [0, 0.1) is 5.82 Å². The minimum absolute atomic E-state index is 0.257. The van der Waals surface area contributed by atoms with Crippen molar-refractivity contribution in [2.75, 3.05) is 25.4 Å². The second-order valence-electron chi connectivity index (χ2n) is 6.06. The molecule has 2 rings (SSSR count). The second-order valence-corrected chi connectivity index (χ2v) is 7.86. The van der Waals surface area contributed by atoms with E-state index >= 15 is 0 Å². The number of benzene rings is 1. The van der Waals surface area contributed by atoms with Crippen LogP contribution in [0.15, 0.2) is 24.3 Å². The van der Waals surface area contributed by atoms with Crippen molar-refractivity contribution in [3.8, 4) is 0 Å². The van der Waals surface area contributed by atoms with Crippen LogP contribution in [0.3, 0.4) is 0 Å². The number of nitrogens with zero attached hydrogens (tertiary/aromatic N) is 1. The Bertz CT molecular complexity index is 421. The topological polar surface area (TPSA) is 23.5 Å². The minimum Gasteiger partial charge on any atom is -0.388 e. The molecule has 0 amide bonds. The minimum atomic E-state index is -0.500. The Morgan fingerprint density at radius 1 is 1.30 bits per heavy atom. The zero-order chi connectivity index (χ0) is 14.6. The lowest BCUT2D eigenvalue weighted by atomic mass is 10.1. The molecule has 1 atom stereocenters. The third kappa shape index (κ3) is 4.76. The van der Waals surface area contributed by atoms with Crippen molar-refractivity contribution in [1.82, 2.24) is 4.90 Å². The summed E-state index contributed by atoms with van der Waals surface area (Å²) in [7, 11) is 0. The zero-order valence-corrected chi connectivity index (χ0v) is 13.1. The highest BCUT2D eigenvalue weighted by molar-refractivity contribution is 8.00. The fourth-order valence-corrected chi connectivity index (χ4v) is 3.58. The van der Waals surface area contributed by atoms with Crippen LogP contribution in [0.25, 0.3) is 0 Å². The standard InChI is InChI=1S/C16H24FNOS/c1-16(2)8-10-18(11-12-20-16)9-7-15(19)13-3-5-14(17)6-4-13/h3-6,15,19H,7-12H2,1-2H3. The lowest BCUT2D eigenvalue weighted by Gasteiger charge is -2.23. The van der Waals surface area contributed by atoms with Crippen LogP contribution in [-0.4, -0.2) is 40.1 Å². The van der Waals surface area contributed by atoms with Gasteiger partial charge in [0.2, 0.25) is 0 Å². The highest BCUT2D eigenvalue weighted by atomic mass is 32.2. The molecule has 0 saturated carbocycles. The van der Waals surface area contributed by atoms with E-state index in [1.165, 1.54) is 18.6 Å². The maximum Gasteiger partial charge on any atom is 0.123 e. The normalized spacial score (nSPS) is 21.4. The van der Waals surface area contributed by atoms with Crippen LogP contribution in [0.4, 0.5) is 4.39 Å². The van der Waals surface area contributed by atoms with Gasteiger partial charge in [-0.25, -0.2) is 4.39 Å². The fourth-order valence-electron chi connectivity index (χ4n) is 2.44. The number of hydrogen-bond donors (Lipinski definition) is 1. The first kappa shape index (κ1) is 15.8. The Kier molecular flexibility index (Phi) is 5.47. The van der Waals surface area contributed by atoms with E-state index < -0.39 is 6.10 Å². The molecule has 1 aliphatic heterocycles. The molecule has 1 fully saturated rings. The number of rotatable bonds is 4. The summed E-state index contributed by atoms with van der Waals surface area (Å²) >= 11 is 2.03.